The second-order valence-corrected chi connectivity index (χ2v) is 6.96. The van der Waals surface area contributed by atoms with Crippen molar-refractivity contribution in [2.75, 3.05) is 6.16 Å². The van der Waals surface area contributed by atoms with Crippen LogP contribution in [0.3, 0.4) is 0 Å². The lowest BCUT2D eigenvalue weighted by molar-refractivity contribution is 0.383. The van der Waals surface area contributed by atoms with E-state index in [0.717, 1.165) is 6.92 Å². The maximum Gasteiger partial charge on any atom is 0.200 e. The highest BCUT2D eigenvalue weighted by Gasteiger charge is 2.36. The van der Waals surface area contributed by atoms with Crippen LogP contribution in [0.25, 0.3) is 0 Å². The normalized spacial score (nSPS) is 11.5. The summed E-state index contributed by atoms with van der Waals surface area (Å²) in [6.07, 6.45) is -0.661. The molecule has 0 heterocycles. The van der Waals surface area contributed by atoms with E-state index in [1.54, 1.807) is 0 Å². The molecule has 0 radical (unpaired) electrons. The zero-order valence-electron chi connectivity index (χ0n) is 11.9. The Balaban J connectivity index is 2.90. The fraction of sp³-hybridized carbons (Fsp3) is 0.143. The molecule has 2 aromatic rings. The molecule has 0 atom stereocenters. The van der Waals surface area contributed by atoms with Gasteiger partial charge in [-0.15, -0.1) is 0 Å². The predicted molar refractivity (Wildman–Crippen MR) is 69.2 cm³/mol. The monoisotopic (exact) mass is 394 g/mol. The highest BCUT2D eigenvalue weighted by Crippen LogP contribution is 2.40. The van der Waals surface area contributed by atoms with Crippen molar-refractivity contribution in [3.8, 4) is 0 Å². The number of rotatable bonds is 3. The summed E-state index contributed by atoms with van der Waals surface area (Å²) < 4.78 is 135. The molecule has 0 N–H and O–H groups in total. The van der Waals surface area contributed by atoms with Crippen LogP contribution < -0.4 is 10.6 Å². The highest BCUT2D eigenvalue weighted by atomic mass is 31.1. The molecule has 0 bridgehead atoms. The predicted octanol–water partition coefficient (Wildman–Crippen LogP) is 4.53. The second kappa shape index (κ2) is 6.82. The van der Waals surface area contributed by atoms with Gasteiger partial charge in [-0.1, -0.05) is 6.92 Å². The zero-order valence-corrected chi connectivity index (χ0v) is 12.8. The fourth-order valence-electron chi connectivity index (χ4n) is 2.09. The Hall–Kier alpha value is -1.83. The fourth-order valence-corrected chi connectivity index (χ4v) is 4.29. The van der Waals surface area contributed by atoms with Crippen LogP contribution in [0.5, 0.6) is 0 Å². The molecule has 2 aromatic carbocycles. The van der Waals surface area contributed by atoms with Crippen LogP contribution in [-0.4, -0.2) is 6.16 Å². The van der Waals surface area contributed by atoms with Gasteiger partial charge in [0.25, 0.3) is 0 Å². The minimum Gasteiger partial charge on any atom is -0.203 e. The van der Waals surface area contributed by atoms with Gasteiger partial charge in [0.05, 0.1) is 10.6 Å². The summed E-state index contributed by atoms with van der Waals surface area (Å²) >= 11 is 0. The van der Waals surface area contributed by atoms with Crippen LogP contribution in [-0.2, 0) is 0 Å². The van der Waals surface area contributed by atoms with Gasteiger partial charge >= 0.3 is 0 Å². The molecule has 25 heavy (non-hydrogen) atoms. The lowest BCUT2D eigenvalue weighted by atomic mass is 10.3. The number of benzene rings is 2. The summed E-state index contributed by atoms with van der Waals surface area (Å²) in [5.41, 5.74) is 0. The molecule has 0 aliphatic carbocycles. The van der Waals surface area contributed by atoms with Gasteiger partial charge in [-0.25, -0.2) is 43.9 Å². The van der Waals surface area contributed by atoms with Crippen molar-refractivity contribution in [2.24, 2.45) is 0 Å². The largest absolute Gasteiger partial charge is 0.203 e. The first-order valence-electron chi connectivity index (χ1n) is 6.36. The van der Waals surface area contributed by atoms with E-state index >= 15 is 0 Å². The van der Waals surface area contributed by atoms with E-state index in [1.165, 1.54) is 0 Å². The van der Waals surface area contributed by atoms with Crippen LogP contribution >= 0.6 is 7.92 Å². The topological polar surface area (TPSA) is 0 Å². The number of halogens is 10. The van der Waals surface area contributed by atoms with E-state index in [0.29, 0.717) is 0 Å². The first kappa shape index (κ1) is 19.5. The van der Waals surface area contributed by atoms with Gasteiger partial charge in [0, 0.05) is 0 Å². The van der Waals surface area contributed by atoms with Crippen molar-refractivity contribution in [1.82, 2.24) is 0 Å². The third-order valence-electron chi connectivity index (χ3n) is 3.23. The minimum absolute atomic E-state index is 0.661. The quantitative estimate of drug-likeness (QED) is 0.311. The van der Waals surface area contributed by atoms with E-state index in [4.69, 9.17) is 0 Å². The SMILES string of the molecule is CCP(c1c(F)c(F)c(F)c(F)c1F)c1c(F)c(F)c(F)c(F)c1F. The molecule has 0 spiro atoms. The van der Waals surface area contributed by atoms with E-state index in [1.807, 2.05) is 0 Å². The average Bonchev–Trinajstić information content (AvgIpc) is 2.60. The van der Waals surface area contributed by atoms with Gasteiger partial charge in [0.15, 0.2) is 46.5 Å². The maximum absolute atomic E-state index is 13.9. The molecule has 0 aromatic heterocycles. The average molecular weight is 394 g/mol. The lowest BCUT2D eigenvalue weighted by Gasteiger charge is -2.20. The van der Waals surface area contributed by atoms with Crippen LogP contribution in [0.2, 0.25) is 0 Å². The third-order valence-corrected chi connectivity index (χ3v) is 5.73. The molecule has 0 nitrogen and oxygen atoms in total. The van der Waals surface area contributed by atoms with Crippen LogP contribution in [0, 0.1) is 58.2 Å². The van der Waals surface area contributed by atoms with Gasteiger partial charge < -0.3 is 0 Å². The molecular weight excluding hydrogens is 389 g/mol. The molecular formula is C14H5F10P. The Labute approximate surface area is 134 Å². The second-order valence-electron chi connectivity index (χ2n) is 4.58. The van der Waals surface area contributed by atoms with Gasteiger partial charge in [-0.3, -0.25) is 0 Å². The standard InChI is InChI=1S/C14H5F10P/c1-2-25(13-9(21)5(17)3(15)6(18)10(13)22)14-11(23)7(19)4(16)8(20)12(14)24/h2H2,1H3. The Morgan fingerprint density at radius 3 is 0.840 bits per heavy atom. The van der Waals surface area contributed by atoms with Gasteiger partial charge in [0.2, 0.25) is 11.6 Å². The summed E-state index contributed by atoms with van der Waals surface area (Å²) in [5, 5.41) is -3.26. The van der Waals surface area contributed by atoms with Crippen molar-refractivity contribution in [3.05, 3.63) is 58.2 Å². The van der Waals surface area contributed by atoms with Crippen molar-refractivity contribution in [2.45, 2.75) is 6.92 Å². The Morgan fingerprint density at radius 1 is 0.440 bits per heavy atom. The van der Waals surface area contributed by atoms with Crippen molar-refractivity contribution >= 4 is 18.5 Å². The summed E-state index contributed by atoms with van der Waals surface area (Å²) in [7, 11) is -3.11. The van der Waals surface area contributed by atoms with Gasteiger partial charge in [0.1, 0.15) is 0 Å². The van der Waals surface area contributed by atoms with Crippen LogP contribution in [0.15, 0.2) is 0 Å². The number of hydrogen-bond acceptors (Lipinski definition) is 0. The van der Waals surface area contributed by atoms with E-state index in [9.17, 15) is 43.9 Å². The maximum atomic E-state index is 13.9. The molecule has 11 heteroatoms. The molecule has 0 fully saturated rings. The van der Waals surface area contributed by atoms with Gasteiger partial charge in [-0.05, 0) is 14.1 Å². The molecule has 0 amide bonds. The molecule has 136 valence electrons. The summed E-state index contributed by atoms with van der Waals surface area (Å²) in [6, 6.07) is 0. The molecule has 0 saturated heterocycles. The Bertz CT molecular complexity index is 736. The van der Waals surface area contributed by atoms with Gasteiger partial charge in [-0.2, -0.15) is 0 Å². The van der Waals surface area contributed by atoms with E-state index < -0.39 is 82.9 Å². The molecule has 0 unspecified atom stereocenters. The minimum atomic E-state index is -3.11. The Kier molecular flexibility index (Phi) is 5.32. The van der Waals surface area contributed by atoms with E-state index in [2.05, 4.69) is 0 Å². The van der Waals surface area contributed by atoms with E-state index in [-0.39, 0.29) is 0 Å². The number of hydrogen-bond donors (Lipinski definition) is 0. The zero-order chi connectivity index (χ0) is 19.2. The summed E-state index contributed by atoms with van der Waals surface area (Å²) in [4.78, 5) is 0. The molecule has 0 aliphatic rings. The van der Waals surface area contributed by atoms with Crippen molar-refractivity contribution in [3.63, 3.8) is 0 Å². The first-order valence-corrected chi connectivity index (χ1v) is 7.89. The summed E-state index contributed by atoms with van der Waals surface area (Å²) in [6.45, 7) is 1.03. The molecule has 0 aliphatic heterocycles. The smallest absolute Gasteiger partial charge is 0.200 e. The third kappa shape index (κ3) is 2.86. The van der Waals surface area contributed by atoms with Crippen LogP contribution in [0.4, 0.5) is 43.9 Å². The molecule has 2 rings (SSSR count). The van der Waals surface area contributed by atoms with Crippen LogP contribution in [0.1, 0.15) is 6.92 Å². The summed E-state index contributed by atoms with van der Waals surface area (Å²) in [5.74, 6) is -24.2. The molecule has 0 saturated carbocycles. The first-order chi connectivity index (χ1) is 11.6. The Morgan fingerprint density at radius 2 is 0.640 bits per heavy atom. The lowest BCUT2D eigenvalue weighted by Crippen LogP contribution is -2.29. The highest BCUT2D eigenvalue weighted by molar-refractivity contribution is 7.73. The van der Waals surface area contributed by atoms with Crippen molar-refractivity contribution in [1.29, 1.82) is 0 Å². The van der Waals surface area contributed by atoms with Crippen molar-refractivity contribution < 1.29 is 43.9 Å².